The zero-order valence-electron chi connectivity index (χ0n) is 37.5. The molecule has 1 aliphatic heterocycles. The van der Waals surface area contributed by atoms with Crippen LogP contribution in [0.15, 0.2) is 0 Å². The lowest BCUT2D eigenvalue weighted by atomic mass is 10.1. The second kappa shape index (κ2) is 37.3. The molecule has 11 nitrogen and oxygen atoms in total. The van der Waals surface area contributed by atoms with E-state index in [1.54, 1.807) is 0 Å². The van der Waals surface area contributed by atoms with E-state index in [2.05, 4.69) is 18.7 Å². The van der Waals surface area contributed by atoms with Crippen molar-refractivity contribution in [2.24, 2.45) is 5.92 Å². The Bertz CT molecular complexity index is 1000. The first-order chi connectivity index (χ1) is 28.2. The molecule has 1 saturated heterocycles. The molecule has 2 unspecified atom stereocenters. The third-order valence-corrected chi connectivity index (χ3v) is 11.0. The summed E-state index contributed by atoms with van der Waals surface area (Å²) in [4.78, 5) is 65.0. The molecule has 0 radical (unpaired) electrons. The highest BCUT2D eigenvalue weighted by Gasteiger charge is 2.19. The van der Waals surface area contributed by atoms with Gasteiger partial charge in [-0.25, -0.2) is 0 Å². The molecule has 2 atom stereocenters. The van der Waals surface area contributed by atoms with E-state index in [1.807, 2.05) is 13.8 Å². The Kier molecular flexibility index (Phi) is 34.3. The predicted octanol–water partition coefficient (Wildman–Crippen LogP) is 10.8. The summed E-state index contributed by atoms with van der Waals surface area (Å²) in [5.74, 6) is -2.12. The summed E-state index contributed by atoms with van der Waals surface area (Å²) in [6.07, 6.45) is 24.9. The van der Waals surface area contributed by atoms with Crippen LogP contribution >= 0.6 is 0 Å². The lowest BCUT2D eigenvalue weighted by Gasteiger charge is -2.30. The van der Waals surface area contributed by atoms with E-state index >= 15 is 0 Å². The lowest BCUT2D eigenvalue weighted by molar-refractivity contribution is -0.155. The van der Waals surface area contributed by atoms with Gasteiger partial charge in [0, 0.05) is 32.1 Å². The third-order valence-electron chi connectivity index (χ3n) is 11.0. The molecule has 0 spiro atoms. The highest BCUT2D eigenvalue weighted by molar-refractivity contribution is 5.71. The molecule has 1 heterocycles. The van der Waals surface area contributed by atoms with Crippen molar-refractivity contribution in [2.75, 3.05) is 39.5 Å². The normalized spacial score (nSPS) is 14.2. The number of hydrogen-bond donors (Lipinski definition) is 0. The number of ether oxygens (including phenoxy) is 5. The van der Waals surface area contributed by atoms with E-state index in [0.717, 1.165) is 64.3 Å². The number of carbonyl (C=O) groups is 5. The van der Waals surface area contributed by atoms with E-state index < -0.39 is 17.9 Å². The summed E-state index contributed by atoms with van der Waals surface area (Å²) in [7, 11) is 0. The molecule has 58 heavy (non-hydrogen) atoms. The van der Waals surface area contributed by atoms with Gasteiger partial charge in [-0.05, 0) is 103 Å². The van der Waals surface area contributed by atoms with Crippen LogP contribution in [0.2, 0.25) is 0 Å². The Morgan fingerprint density at radius 2 is 0.776 bits per heavy atom. The molecule has 1 fully saturated rings. The van der Waals surface area contributed by atoms with Crippen LogP contribution in [0.25, 0.3) is 0 Å². The Labute approximate surface area is 353 Å². The molecule has 1 rings (SSSR count). The van der Waals surface area contributed by atoms with Gasteiger partial charge in [0.05, 0.1) is 5.92 Å². The quantitative estimate of drug-likeness (QED) is 0.0332. The molecule has 0 bridgehead atoms. The van der Waals surface area contributed by atoms with Gasteiger partial charge in [-0.15, -0.1) is 0 Å². The van der Waals surface area contributed by atoms with Crippen LogP contribution in [0.1, 0.15) is 214 Å². The first-order valence-electron chi connectivity index (χ1n) is 23.8. The van der Waals surface area contributed by atoms with Crippen LogP contribution < -0.4 is 0 Å². The molecule has 0 N–H and O–H groups in total. The van der Waals surface area contributed by atoms with Crippen LogP contribution in [-0.4, -0.2) is 86.4 Å². The molecular weight excluding hydrogens is 739 g/mol. The smallest absolute Gasteiger partial charge is 0.306 e. The van der Waals surface area contributed by atoms with Gasteiger partial charge in [-0.3, -0.25) is 24.0 Å². The summed E-state index contributed by atoms with van der Waals surface area (Å²) < 4.78 is 27.9. The third kappa shape index (κ3) is 31.3. The van der Waals surface area contributed by atoms with Crippen molar-refractivity contribution in [2.45, 2.75) is 226 Å². The molecule has 1 aliphatic rings. The standard InChI is InChI=1S/C47H85NO10/c1-5-9-11-13-15-18-27-41(7-3)57-46(52)32-23-21-30-44(50)55-38-40(37-54-43(49)29-20-17-25-34-48-35-26-36-48)39-56-45(51)31-22-24-33-47(53)58-42(8-4)28-19-16-14-12-10-6-2/h40-42H,5-39H2,1-4H3. The molecule has 11 heteroatoms. The largest absolute Gasteiger partial charge is 0.465 e. The van der Waals surface area contributed by atoms with E-state index in [4.69, 9.17) is 23.7 Å². The molecule has 0 aromatic carbocycles. The van der Waals surface area contributed by atoms with Crippen LogP contribution in [0.4, 0.5) is 0 Å². The van der Waals surface area contributed by atoms with Crippen LogP contribution in [0, 0.1) is 5.92 Å². The maximum atomic E-state index is 12.6. The highest BCUT2D eigenvalue weighted by atomic mass is 16.6. The van der Waals surface area contributed by atoms with Gasteiger partial charge in [-0.2, -0.15) is 0 Å². The van der Waals surface area contributed by atoms with Crippen molar-refractivity contribution in [1.82, 2.24) is 4.90 Å². The van der Waals surface area contributed by atoms with Gasteiger partial charge in [0.2, 0.25) is 0 Å². The molecule has 0 amide bonds. The fourth-order valence-electron chi connectivity index (χ4n) is 6.94. The molecule has 0 aromatic heterocycles. The second-order valence-corrected chi connectivity index (χ2v) is 16.5. The Balaban J connectivity index is 2.41. The predicted molar refractivity (Wildman–Crippen MR) is 229 cm³/mol. The molecule has 0 aromatic rings. The molecule has 338 valence electrons. The maximum Gasteiger partial charge on any atom is 0.306 e. The zero-order valence-corrected chi connectivity index (χ0v) is 37.5. The number of hydrogen-bond acceptors (Lipinski definition) is 11. The van der Waals surface area contributed by atoms with Crippen molar-refractivity contribution >= 4 is 29.8 Å². The van der Waals surface area contributed by atoms with Gasteiger partial charge >= 0.3 is 29.8 Å². The fraction of sp³-hybridized carbons (Fsp3) is 0.894. The lowest BCUT2D eigenvalue weighted by Crippen LogP contribution is -2.37. The van der Waals surface area contributed by atoms with Gasteiger partial charge in [0.25, 0.3) is 0 Å². The van der Waals surface area contributed by atoms with E-state index in [0.29, 0.717) is 32.1 Å². The van der Waals surface area contributed by atoms with Gasteiger partial charge in [-0.1, -0.05) is 98.3 Å². The Morgan fingerprint density at radius 3 is 1.14 bits per heavy atom. The zero-order chi connectivity index (χ0) is 42.5. The minimum Gasteiger partial charge on any atom is -0.465 e. The van der Waals surface area contributed by atoms with Crippen molar-refractivity contribution < 1.29 is 47.7 Å². The van der Waals surface area contributed by atoms with E-state index in [-0.39, 0.29) is 75.6 Å². The Morgan fingerprint density at radius 1 is 0.431 bits per heavy atom. The summed E-state index contributed by atoms with van der Waals surface area (Å²) in [5.41, 5.74) is 0. The SMILES string of the molecule is CCCCCCCCC(CC)OC(=O)CCCCC(=O)OCC(COC(=O)CCCCCN1CCC1)COC(=O)CCCCC(=O)OC(CC)CCCCCCCC. The number of rotatable bonds is 40. The van der Waals surface area contributed by atoms with Gasteiger partial charge in [0.15, 0.2) is 0 Å². The number of carbonyl (C=O) groups excluding carboxylic acids is 5. The van der Waals surface area contributed by atoms with Crippen LogP contribution in [0.5, 0.6) is 0 Å². The average molecular weight is 824 g/mol. The second-order valence-electron chi connectivity index (χ2n) is 16.5. The maximum absolute atomic E-state index is 12.6. The first kappa shape index (κ1) is 53.3. The van der Waals surface area contributed by atoms with Crippen molar-refractivity contribution in [3.05, 3.63) is 0 Å². The molecule has 0 saturated carbocycles. The summed E-state index contributed by atoms with van der Waals surface area (Å²) in [6, 6.07) is 0. The molecular formula is C47H85NO10. The Hall–Kier alpha value is -2.69. The minimum atomic E-state index is -0.511. The summed E-state index contributed by atoms with van der Waals surface area (Å²) in [5, 5.41) is 0. The van der Waals surface area contributed by atoms with Crippen molar-refractivity contribution in [3.63, 3.8) is 0 Å². The molecule has 0 aliphatic carbocycles. The van der Waals surface area contributed by atoms with Gasteiger partial charge < -0.3 is 28.6 Å². The summed E-state index contributed by atoms with van der Waals surface area (Å²) >= 11 is 0. The first-order valence-corrected chi connectivity index (χ1v) is 23.8. The fourth-order valence-corrected chi connectivity index (χ4v) is 6.94. The highest BCUT2D eigenvalue weighted by Crippen LogP contribution is 2.17. The average Bonchev–Trinajstić information content (AvgIpc) is 3.19. The topological polar surface area (TPSA) is 135 Å². The van der Waals surface area contributed by atoms with Crippen LogP contribution in [0.3, 0.4) is 0 Å². The van der Waals surface area contributed by atoms with Crippen LogP contribution in [-0.2, 0) is 47.7 Å². The number of esters is 5. The number of likely N-dealkylation sites (tertiary alicyclic amines) is 1. The minimum absolute atomic E-state index is 0.0283. The van der Waals surface area contributed by atoms with E-state index in [9.17, 15) is 24.0 Å². The van der Waals surface area contributed by atoms with Crippen molar-refractivity contribution in [3.8, 4) is 0 Å². The van der Waals surface area contributed by atoms with Gasteiger partial charge in [0.1, 0.15) is 32.0 Å². The summed E-state index contributed by atoms with van der Waals surface area (Å²) in [6.45, 7) is 11.7. The monoisotopic (exact) mass is 824 g/mol. The van der Waals surface area contributed by atoms with E-state index in [1.165, 1.54) is 83.7 Å². The number of unbranched alkanes of at least 4 members (excludes halogenated alkanes) is 14. The van der Waals surface area contributed by atoms with Crippen molar-refractivity contribution in [1.29, 1.82) is 0 Å². The number of nitrogens with zero attached hydrogens (tertiary/aromatic N) is 1.